The third kappa shape index (κ3) is 3.97. The van der Waals surface area contributed by atoms with Crippen LogP contribution in [-0.4, -0.2) is 17.8 Å². The van der Waals surface area contributed by atoms with Crippen LogP contribution in [0.4, 0.5) is 0 Å². The van der Waals surface area contributed by atoms with Gasteiger partial charge in [0, 0.05) is 0 Å². The van der Waals surface area contributed by atoms with Crippen molar-refractivity contribution in [1.82, 2.24) is 0 Å². The molecule has 1 fully saturated rings. The van der Waals surface area contributed by atoms with Gasteiger partial charge in [0.15, 0.2) is 0 Å². The predicted molar refractivity (Wildman–Crippen MR) is 78.5 cm³/mol. The minimum Gasteiger partial charge on any atom is -0.497 e. The topological polar surface area (TPSA) is 29.5 Å². The second kappa shape index (κ2) is 5.54. The molecule has 2 heteroatoms. The summed E-state index contributed by atoms with van der Waals surface area (Å²) in [5.74, 6) is 0.891. The van der Waals surface area contributed by atoms with Crippen molar-refractivity contribution in [2.24, 2.45) is 5.41 Å². The lowest BCUT2D eigenvalue weighted by Crippen LogP contribution is -2.37. The normalized spacial score (nSPS) is 21.1. The lowest BCUT2D eigenvalue weighted by atomic mass is 9.69. The number of aliphatic hydroxyl groups is 1. The van der Waals surface area contributed by atoms with E-state index < -0.39 is 5.60 Å². The largest absolute Gasteiger partial charge is 0.497 e. The van der Waals surface area contributed by atoms with Crippen LogP contribution in [0.3, 0.4) is 0 Å². The quantitative estimate of drug-likeness (QED) is 0.890. The standard InChI is InChI=1S/C17H26O2/c1-16(2)10-12-17(18,13-11-16)9-8-14-4-6-15(19-3)7-5-14/h4-7,18H,8-13H2,1-3H3. The minimum atomic E-state index is -0.449. The Morgan fingerprint density at radius 1 is 1.05 bits per heavy atom. The fourth-order valence-corrected chi connectivity index (χ4v) is 2.81. The summed E-state index contributed by atoms with van der Waals surface area (Å²) in [5, 5.41) is 10.6. The van der Waals surface area contributed by atoms with Gasteiger partial charge in [-0.1, -0.05) is 26.0 Å². The average Bonchev–Trinajstić information content (AvgIpc) is 2.41. The van der Waals surface area contributed by atoms with Gasteiger partial charge in [0.1, 0.15) is 5.75 Å². The molecule has 1 N–H and O–H groups in total. The molecule has 0 aliphatic heterocycles. The molecule has 0 radical (unpaired) electrons. The van der Waals surface area contributed by atoms with Crippen molar-refractivity contribution in [3.63, 3.8) is 0 Å². The van der Waals surface area contributed by atoms with E-state index in [-0.39, 0.29) is 0 Å². The van der Waals surface area contributed by atoms with Crippen LogP contribution in [0.25, 0.3) is 0 Å². The zero-order valence-corrected chi connectivity index (χ0v) is 12.4. The monoisotopic (exact) mass is 262 g/mol. The Balaban J connectivity index is 1.87. The van der Waals surface area contributed by atoms with Crippen LogP contribution in [0.15, 0.2) is 24.3 Å². The first-order chi connectivity index (χ1) is 8.92. The van der Waals surface area contributed by atoms with Crippen LogP contribution < -0.4 is 4.74 Å². The van der Waals surface area contributed by atoms with Crippen molar-refractivity contribution in [1.29, 1.82) is 0 Å². The van der Waals surface area contributed by atoms with Gasteiger partial charge in [-0.25, -0.2) is 0 Å². The van der Waals surface area contributed by atoms with Crippen molar-refractivity contribution >= 4 is 0 Å². The van der Waals surface area contributed by atoms with Gasteiger partial charge in [-0.3, -0.25) is 0 Å². The molecule has 2 rings (SSSR count). The molecule has 0 atom stereocenters. The maximum atomic E-state index is 10.6. The van der Waals surface area contributed by atoms with E-state index in [0.717, 1.165) is 44.3 Å². The highest BCUT2D eigenvalue weighted by atomic mass is 16.5. The smallest absolute Gasteiger partial charge is 0.118 e. The molecule has 1 aliphatic carbocycles. The van der Waals surface area contributed by atoms with E-state index in [0.29, 0.717) is 5.41 Å². The number of hydrogen-bond donors (Lipinski definition) is 1. The van der Waals surface area contributed by atoms with Gasteiger partial charge in [-0.2, -0.15) is 0 Å². The molecule has 0 saturated heterocycles. The van der Waals surface area contributed by atoms with Crippen LogP contribution in [0.5, 0.6) is 5.75 Å². The van der Waals surface area contributed by atoms with Gasteiger partial charge in [0.25, 0.3) is 0 Å². The molecular weight excluding hydrogens is 236 g/mol. The molecule has 1 saturated carbocycles. The molecule has 2 nitrogen and oxygen atoms in total. The summed E-state index contributed by atoms with van der Waals surface area (Å²) in [4.78, 5) is 0. The summed E-state index contributed by atoms with van der Waals surface area (Å²) in [7, 11) is 1.68. The van der Waals surface area contributed by atoms with Gasteiger partial charge in [-0.05, 0) is 61.6 Å². The first-order valence-corrected chi connectivity index (χ1v) is 7.28. The van der Waals surface area contributed by atoms with Crippen molar-refractivity contribution < 1.29 is 9.84 Å². The molecule has 1 aromatic carbocycles. The van der Waals surface area contributed by atoms with E-state index in [4.69, 9.17) is 4.74 Å². The SMILES string of the molecule is COc1ccc(CCC2(O)CCC(C)(C)CC2)cc1. The highest BCUT2D eigenvalue weighted by Gasteiger charge is 2.36. The number of ether oxygens (including phenoxy) is 1. The summed E-state index contributed by atoms with van der Waals surface area (Å²) < 4.78 is 5.16. The Kier molecular flexibility index (Phi) is 4.19. The van der Waals surface area contributed by atoms with E-state index in [9.17, 15) is 5.11 Å². The Labute approximate surface area is 116 Å². The summed E-state index contributed by atoms with van der Waals surface area (Å²) in [5.41, 5.74) is 1.24. The van der Waals surface area contributed by atoms with Crippen LogP contribution in [0.2, 0.25) is 0 Å². The van der Waals surface area contributed by atoms with E-state index in [1.165, 1.54) is 5.56 Å². The molecule has 1 aromatic rings. The summed E-state index contributed by atoms with van der Waals surface area (Å²) in [6, 6.07) is 8.16. The Morgan fingerprint density at radius 2 is 1.63 bits per heavy atom. The second-order valence-corrected chi connectivity index (χ2v) is 6.74. The predicted octanol–water partition coefficient (Wildman–Crippen LogP) is 3.96. The number of aryl methyl sites for hydroxylation is 1. The van der Waals surface area contributed by atoms with Gasteiger partial charge in [0.2, 0.25) is 0 Å². The lowest BCUT2D eigenvalue weighted by molar-refractivity contribution is -0.0317. The summed E-state index contributed by atoms with van der Waals surface area (Å²) >= 11 is 0. The fourth-order valence-electron chi connectivity index (χ4n) is 2.81. The van der Waals surface area contributed by atoms with Crippen LogP contribution >= 0.6 is 0 Å². The Hall–Kier alpha value is -1.02. The lowest BCUT2D eigenvalue weighted by Gasteiger charge is -2.40. The molecule has 0 unspecified atom stereocenters. The molecule has 19 heavy (non-hydrogen) atoms. The van der Waals surface area contributed by atoms with Gasteiger partial charge < -0.3 is 9.84 Å². The number of hydrogen-bond acceptors (Lipinski definition) is 2. The molecule has 0 bridgehead atoms. The molecule has 0 heterocycles. The highest BCUT2D eigenvalue weighted by molar-refractivity contribution is 5.27. The number of benzene rings is 1. The van der Waals surface area contributed by atoms with Crippen LogP contribution in [0.1, 0.15) is 51.5 Å². The highest BCUT2D eigenvalue weighted by Crippen LogP contribution is 2.41. The molecule has 0 amide bonds. The summed E-state index contributed by atoms with van der Waals surface area (Å²) in [6.45, 7) is 4.60. The van der Waals surface area contributed by atoms with Gasteiger partial charge in [0.05, 0.1) is 12.7 Å². The van der Waals surface area contributed by atoms with E-state index in [2.05, 4.69) is 26.0 Å². The van der Waals surface area contributed by atoms with Gasteiger partial charge >= 0.3 is 0 Å². The molecular formula is C17H26O2. The molecule has 0 aromatic heterocycles. The minimum absolute atomic E-state index is 0.409. The fraction of sp³-hybridized carbons (Fsp3) is 0.647. The summed E-state index contributed by atoms with van der Waals surface area (Å²) in [6.07, 6.45) is 5.96. The molecule has 106 valence electrons. The maximum Gasteiger partial charge on any atom is 0.118 e. The van der Waals surface area contributed by atoms with Crippen molar-refractivity contribution in [3.8, 4) is 5.75 Å². The van der Waals surface area contributed by atoms with Gasteiger partial charge in [-0.15, -0.1) is 0 Å². The Bertz CT molecular complexity index is 396. The number of methoxy groups -OCH3 is 1. The second-order valence-electron chi connectivity index (χ2n) is 6.74. The van der Waals surface area contributed by atoms with E-state index in [1.54, 1.807) is 7.11 Å². The molecule has 0 spiro atoms. The first kappa shape index (κ1) is 14.4. The van der Waals surface area contributed by atoms with Crippen LogP contribution in [0, 0.1) is 5.41 Å². The van der Waals surface area contributed by atoms with E-state index in [1.807, 2.05) is 12.1 Å². The average molecular weight is 262 g/mol. The van der Waals surface area contributed by atoms with Crippen LogP contribution in [-0.2, 0) is 6.42 Å². The number of rotatable bonds is 4. The van der Waals surface area contributed by atoms with Crippen molar-refractivity contribution in [2.45, 2.75) is 58.0 Å². The van der Waals surface area contributed by atoms with Crippen molar-refractivity contribution in [3.05, 3.63) is 29.8 Å². The van der Waals surface area contributed by atoms with Crippen molar-refractivity contribution in [2.75, 3.05) is 7.11 Å². The third-order valence-electron chi connectivity index (χ3n) is 4.57. The van der Waals surface area contributed by atoms with E-state index >= 15 is 0 Å². The first-order valence-electron chi connectivity index (χ1n) is 7.28. The zero-order chi connectivity index (χ0) is 13.9. The zero-order valence-electron chi connectivity index (χ0n) is 12.4. The maximum absolute atomic E-state index is 10.6. The molecule has 1 aliphatic rings. The Morgan fingerprint density at radius 3 is 2.16 bits per heavy atom. The third-order valence-corrected chi connectivity index (χ3v) is 4.57.